The maximum Gasteiger partial charge on any atom is 0.285 e. The van der Waals surface area contributed by atoms with Gasteiger partial charge in [0.25, 0.3) is 11.4 Å². The molecule has 1 heterocycles. The van der Waals surface area contributed by atoms with Crippen molar-refractivity contribution in [2.45, 2.75) is 6.92 Å². The van der Waals surface area contributed by atoms with E-state index < -0.39 is 9.85 Å². The fourth-order valence-electron chi connectivity index (χ4n) is 2.32. The molecule has 2 aromatic carbocycles. The van der Waals surface area contributed by atoms with E-state index >= 15 is 0 Å². The number of benzene rings is 2. The van der Waals surface area contributed by atoms with Gasteiger partial charge in [0.15, 0.2) is 0 Å². The van der Waals surface area contributed by atoms with Gasteiger partial charge in [0.2, 0.25) is 0 Å². The summed E-state index contributed by atoms with van der Waals surface area (Å²) in [5, 5.41) is 23.5. The van der Waals surface area contributed by atoms with Gasteiger partial charge < -0.3 is 0 Å². The van der Waals surface area contributed by atoms with Gasteiger partial charge in [0, 0.05) is 15.6 Å². The molecule has 0 aliphatic carbocycles. The van der Waals surface area contributed by atoms with Gasteiger partial charge in [0.05, 0.1) is 26.0 Å². The molecule has 0 bridgehead atoms. The lowest BCUT2D eigenvalue weighted by molar-refractivity contribution is -0.393. The SMILES string of the molecule is Cc1c([N+](=O)[O-])cc([N+](=O)[O-])c2c1sc1ccccc12. The lowest BCUT2D eigenvalue weighted by Crippen LogP contribution is -1.96. The van der Waals surface area contributed by atoms with Crippen LogP contribution < -0.4 is 0 Å². The lowest BCUT2D eigenvalue weighted by Gasteiger charge is -2.00. The zero-order chi connectivity index (χ0) is 14.4. The number of nitro groups is 2. The molecule has 0 aliphatic heterocycles. The van der Waals surface area contributed by atoms with Crippen molar-refractivity contribution in [2.24, 2.45) is 0 Å². The topological polar surface area (TPSA) is 86.3 Å². The minimum Gasteiger partial charge on any atom is -0.258 e. The van der Waals surface area contributed by atoms with Gasteiger partial charge >= 0.3 is 0 Å². The highest BCUT2D eigenvalue weighted by Crippen LogP contribution is 2.44. The van der Waals surface area contributed by atoms with E-state index in [0.717, 1.165) is 16.2 Å². The second kappa shape index (κ2) is 4.24. The first-order valence-electron chi connectivity index (χ1n) is 5.74. The van der Waals surface area contributed by atoms with Crippen LogP contribution in [0.25, 0.3) is 20.2 Å². The number of hydrogen-bond acceptors (Lipinski definition) is 5. The van der Waals surface area contributed by atoms with E-state index in [2.05, 4.69) is 0 Å². The van der Waals surface area contributed by atoms with Gasteiger partial charge in [-0.15, -0.1) is 11.3 Å². The molecule has 0 spiro atoms. The fourth-order valence-corrected chi connectivity index (χ4v) is 3.54. The first-order chi connectivity index (χ1) is 9.50. The minimum atomic E-state index is -0.577. The van der Waals surface area contributed by atoms with Crippen molar-refractivity contribution in [1.29, 1.82) is 0 Å². The van der Waals surface area contributed by atoms with Crippen LogP contribution in [0.3, 0.4) is 0 Å². The van der Waals surface area contributed by atoms with Gasteiger partial charge in [-0.3, -0.25) is 20.2 Å². The van der Waals surface area contributed by atoms with Crippen LogP contribution in [0.15, 0.2) is 30.3 Å². The maximum absolute atomic E-state index is 11.2. The Morgan fingerprint density at radius 2 is 1.70 bits per heavy atom. The smallest absolute Gasteiger partial charge is 0.258 e. The van der Waals surface area contributed by atoms with Crippen LogP contribution in [-0.2, 0) is 0 Å². The Morgan fingerprint density at radius 3 is 2.35 bits per heavy atom. The fraction of sp³-hybridized carbons (Fsp3) is 0.0769. The third kappa shape index (κ3) is 1.64. The summed E-state index contributed by atoms with van der Waals surface area (Å²) >= 11 is 1.34. The summed E-state index contributed by atoms with van der Waals surface area (Å²) in [6.45, 7) is 1.62. The molecular formula is C13H8N2O4S. The van der Waals surface area contributed by atoms with Crippen molar-refractivity contribution >= 4 is 42.9 Å². The molecule has 7 heteroatoms. The van der Waals surface area contributed by atoms with E-state index in [1.54, 1.807) is 19.1 Å². The van der Waals surface area contributed by atoms with Gasteiger partial charge in [-0.2, -0.15) is 0 Å². The third-order valence-corrected chi connectivity index (χ3v) is 4.53. The number of thiophene rings is 1. The van der Waals surface area contributed by atoms with Crippen molar-refractivity contribution in [3.05, 3.63) is 56.1 Å². The monoisotopic (exact) mass is 288 g/mol. The normalized spacial score (nSPS) is 11.1. The molecule has 0 N–H and O–H groups in total. The van der Waals surface area contributed by atoms with E-state index in [1.165, 1.54) is 11.3 Å². The molecule has 0 aliphatic rings. The van der Waals surface area contributed by atoms with E-state index in [0.29, 0.717) is 15.6 Å². The minimum absolute atomic E-state index is 0.212. The molecule has 0 amide bonds. The standard InChI is InChI=1S/C13H8N2O4S/c1-7-9(14(16)17)6-10(15(18)19)12-8-4-2-3-5-11(8)20-13(7)12/h2-6H,1H3. The number of rotatable bonds is 2. The predicted molar refractivity (Wildman–Crippen MR) is 77.4 cm³/mol. The first kappa shape index (κ1) is 12.5. The Labute approximate surface area is 116 Å². The van der Waals surface area contributed by atoms with E-state index in [-0.39, 0.29) is 11.4 Å². The highest BCUT2D eigenvalue weighted by Gasteiger charge is 2.26. The third-order valence-electron chi connectivity index (χ3n) is 3.24. The average Bonchev–Trinajstić information content (AvgIpc) is 2.78. The first-order valence-corrected chi connectivity index (χ1v) is 6.56. The molecule has 20 heavy (non-hydrogen) atoms. The van der Waals surface area contributed by atoms with Crippen molar-refractivity contribution in [3.63, 3.8) is 0 Å². The predicted octanol–water partition coefficient (Wildman–Crippen LogP) is 4.18. The Morgan fingerprint density at radius 1 is 1.05 bits per heavy atom. The van der Waals surface area contributed by atoms with Crippen LogP contribution in [0.1, 0.15) is 5.56 Å². The molecule has 3 rings (SSSR count). The van der Waals surface area contributed by atoms with E-state index in [4.69, 9.17) is 0 Å². The Kier molecular flexibility index (Phi) is 2.65. The molecule has 0 unspecified atom stereocenters. The van der Waals surface area contributed by atoms with Crippen molar-refractivity contribution < 1.29 is 9.85 Å². The molecule has 0 atom stereocenters. The molecule has 100 valence electrons. The zero-order valence-corrected chi connectivity index (χ0v) is 11.1. The van der Waals surface area contributed by atoms with Crippen LogP contribution in [0.5, 0.6) is 0 Å². The maximum atomic E-state index is 11.2. The van der Waals surface area contributed by atoms with Gasteiger partial charge in [-0.1, -0.05) is 18.2 Å². The van der Waals surface area contributed by atoms with Gasteiger partial charge in [-0.25, -0.2) is 0 Å². The number of non-ortho nitro benzene ring substituents is 1. The van der Waals surface area contributed by atoms with Crippen LogP contribution >= 0.6 is 11.3 Å². The molecule has 6 nitrogen and oxygen atoms in total. The van der Waals surface area contributed by atoms with Crippen LogP contribution in [0.2, 0.25) is 0 Å². The summed E-state index contributed by atoms with van der Waals surface area (Å²) < 4.78 is 1.49. The van der Waals surface area contributed by atoms with Crippen LogP contribution in [0, 0.1) is 27.2 Å². The summed E-state index contributed by atoms with van der Waals surface area (Å²) in [7, 11) is 0. The summed E-state index contributed by atoms with van der Waals surface area (Å²) in [5.41, 5.74) is 0.0438. The molecule has 0 radical (unpaired) electrons. The average molecular weight is 288 g/mol. The Bertz CT molecular complexity index is 885. The van der Waals surface area contributed by atoms with E-state index in [1.807, 2.05) is 12.1 Å². The molecule has 3 aromatic rings. The molecule has 1 aromatic heterocycles. The lowest BCUT2D eigenvalue weighted by atomic mass is 10.1. The largest absolute Gasteiger partial charge is 0.285 e. The second-order valence-corrected chi connectivity index (χ2v) is 5.41. The molecule has 0 saturated heterocycles. The number of fused-ring (bicyclic) bond motifs is 3. The number of nitro benzene ring substituents is 2. The molecule has 0 fully saturated rings. The quantitative estimate of drug-likeness (QED) is 0.523. The number of aryl methyl sites for hydroxylation is 1. The van der Waals surface area contributed by atoms with Gasteiger partial charge in [0.1, 0.15) is 0 Å². The second-order valence-electron chi connectivity index (χ2n) is 4.36. The highest BCUT2D eigenvalue weighted by atomic mass is 32.1. The number of hydrogen-bond donors (Lipinski definition) is 0. The summed E-state index contributed by atoms with van der Waals surface area (Å²) in [4.78, 5) is 21.1. The summed E-state index contributed by atoms with van der Waals surface area (Å²) in [6, 6.07) is 8.35. The van der Waals surface area contributed by atoms with Crippen molar-refractivity contribution in [2.75, 3.05) is 0 Å². The zero-order valence-electron chi connectivity index (χ0n) is 10.3. The summed E-state index contributed by atoms with van der Waals surface area (Å²) in [6.07, 6.45) is 0. The number of nitrogens with zero attached hydrogens (tertiary/aromatic N) is 2. The molecular weight excluding hydrogens is 280 g/mol. The Hall–Kier alpha value is -2.54. The summed E-state index contributed by atoms with van der Waals surface area (Å²) in [5.74, 6) is 0. The van der Waals surface area contributed by atoms with Crippen LogP contribution in [-0.4, -0.2) is 9.85 Å². The van der Waals surface area contributed by atoms with Crippen LogP contribution in [0.4, 0.5) is 11.4 Å². The van der Waals surface area contributed by atoms with Gasteiger partial charge in [-0.05, 0) is 13.0 Å². The van der Waals surface area contributed by atoms with Crippen molar-refractivity contribution in [3.8, 4) is 0 Å². The Balaban J connectivity index is 2.59. The van der Waals surface area contributed by atoms with Crippen molar-refractivity contribution in [1.82, 2.24) is 0 Å². The highest BCUT2D eigenvalue weighted by molar-refractivity contribution is 7.26. The molecule has 0 saturated carbocycles. The van der Waals surface area contributed by atoms with E-state index in [9.17, 15) is 20.2 Å².